The summed E-state index contributed by atoms with van der Waals surface area (Å²) in [5.74, 6) is 0. The van der Waals surface area contributed by atoms with E-state index in [1.807, 2.05) is 0 Å². The third-order valence-corrected chi connectivity index (χ3v) is 12.0. The molecule has 11 aromatic carbocycles. The van der Waals surface area contributed by atoms with Crippen molar-refractivity contribution in [2.75, 3.05) is 0 Å². The third kappa shape index (κ3) is 4.83. The van der Waals surface area contributed by atoms with Gasteiger partial charge >= 0.3 is 0 Å². The fourth-order valence-corrected chi connectivity index (χ4v) is 9.58. The number of hydrogen-bond acceptors (Lipinski definition) is 1. The van der Waals surface area contributed by atoms with Gasteiger partial charge in [-0.3, -0.25) is 0 Å². The van der Waals surface area contributed by atoms with E-state index in [0.29, 0.717) is 0 Å². The molecule has 1 aromatic heterocycles. The molecule has 0 N–H and O–H groups in total. The lowest BCUT2D eigenvalue weighted by molar-refractivity contribution is 0.670. The zero-order chi connectivity index (χ0) is 37.5. The fraction of sp³-hybridized carbons (Fsp3) is 0. The zero-order valence-corrected chi connectivity index (χ0v) is 31.0. The lowest BCUT2D eigenvalue weighted by atomic mass is 9.85. The van der Waals surface area contributed by atoms with Crippen molar-refractivity contribution in [3.63, 3.8) is 0 Å². The molecule has 0 aliphatic heterocycles. The Kier molecular flexibility index (Phi) is 7.00. The van der Waals surface area contributed by atoms with E-state index in [9.17, 15) is 0 Å². The van der Waals surface area contributed by atoms with Crippen LogP contribution in [0.15, 0.2) is 211 Å². The van der Waals surface area contributed by atoms with Crippen LogP contribution < -0.4 is 0 Å². The van der Waals surface area contributed by atoms with Gasteiger partial charge in [0, 0.05) is 21.9 Å². The van der Waals surface area contributed by atoms with Crippen molar-refractivity contribution in [2.24, 2.45) is 0 Å². The monoisotopic (exact) mass is 722 g/mol. The summed E-state index contributed by atoms with van der Waals surface area (Å²) in [5, 5.41) is 14.6. The summed E-state index contributed by atoms with van der Waals surface area (Å²) in [7, 11) is 0. The quantitative estimate of drug-likeness (QED) is 0.165. The molecule has 0 amide bonds. The van der Waals surface area contributed by atoms with Gasteiger partial charge in [0.1, 0.15) is 11.2 Å². The van der Waals surface area contributed by atoms with E-state index < -0.39 is 0 Å². The molecule has 0 aliphatic rings. The van der Waals surface area contributed by atoms with E-state index in [1.54, 1.807) is 0 Å². The Hall–Kier alpha value is -7.48. The van der Waals surface area contributed by atoms with Crippen LogP contribution in [0.4, 0.5) is 0 Å². The third-order valence-electron chi connectivity index (χ3n) is 12.0. The maximum Gasteiger partial charge on any atom is 0.143 e. The van der Waals surface area contributed by atoms with Gasteiger partial charge in [-0.05, 0) is 105 Å². The van der Waals surface area contributed by atoms with Gasteiger partial charge in [0.15, 0.2) is 0 Å². The van der Waals surface area contributed by atoms with E-state index in [1.165, 1.54) is 87.2 Å². The second-order valence-electron chi connectivity index (χ2n) is 15.1. The van der Waals surface area contributed by atoms with Crippen LogP contribution in [0.25, 0.3) is 120 Å². The first kappa shape index (κ1) is 31.8. The lowest BCUT2D eigenvalue weighted by Gasteiger charge is -2.18. The van der Waals surface area contributed by atoms with E-state index in [4.69, 9.17) is 4.42 Å². The molecule has 0 saturated heterocycles. The van der Waals surface area contributed by atoms with Crippen LogP contribution >= 0.6 is 0 Å². The van der Waals surface area contributed by atoms with Gasteiger partial charge in [0.05, 0.1) is 0 Å². The van der Waals surface area contributed by atoms with Crippen molar-refractivity contribution >= 4 is 75.8 Å². The Labute approximate surface area is 329 Å². The smallest absolute Gasteiger partial charge is 0.143 e. The maximum absolute atomic E-state index is 7.08. The first-order valence-corrected chi connectivity index (χ1v) is 19.7. The van der Waals surface area contributed by atoms with Crippen molar-refractivity contribution in [3.05, 3.63) is 206 Å². The summed E-state index contributed by atoms with van der Waals surface area (Å²) < 4.78 is 7.08. The second kappa shape index (κ2) is 12.5. The van der Waals surface area contributed by atoms with Gasteiger partial charge in [-0.25, -0.2) is 0 Å². The predicted octanol–water partition coefficient (Wildman–Crippen LogP) is 16.0. The first-order chi connectivity index (χ1) is 28.3. The molecule has 0 bridgehead atoms. The molecule has 1 heterocycles. The van der Waals surface area contributed by atoms with Gasteiger partial charge in [-0.15, -0.1) is 0 Å². The normalized spacial score (nSPS) is 11.9. The Morgan fingerprint density at radius 2 is 0.684 bits per heavy atom. The summed E-state index contributed by atoms with van der Waals surface area (Å²) in [6, 6.07) is 75.1. The number of para-hydroxylation sites is 1. The average Bonchev–Trinajstić information content (AvgIpc) is 3.66. The van der Waals surface area contributed by atoms with Crippen molar-refractivity contribution < 1.29 is 4.42 Å². The molecule has 264 valence electrons. The summed E-state index contributed by atoms with van der Waals surface area (Å²) in [5.41, 5.74) is 11.4. The minimum atomic E-state index is 0.886. The Balaban J connectivity index is 1.10. The predicted molar refractivity (Wildman–Crippen MR) is 243 cm³/mol. The molecule has 57 heavy (non-hydrogen) atoms. The van der Waals surface area contributed by atoms with E-state index in [-0.39, 0.29) is 0 Å². The maximum atomic E-state index is 7.08. The van der Waals surface area contributed by atoms with Crippen molar-refractivity contribution in [3.8, 4) is 44.5 Å². The molecule has 1 heteroatoms. The van der Waals surface area contributed by atoms with Gasteiger partial charge in [-0.2, -0.15) is 0 Å². The molecular weight excluding hydrogens is 689 g/mol. The molecule has 12 aromatic rings. The minimum absolute atomic E-state index is 0.886. The highest BCUT2D eigenvalue weighted by Crippen LogP contribution is 2.48. The van der Waals surface area contributed by atoms with E-state index in [0.717, 1.165) is 33.1 Å². The summed E-state index contributed by atoms with van der Waals surface area (Å²) in [6.45, 7) is 0. The highest BCUT2D eigenvalue weighted by atomic mass is 16.3. The Morgan fingerprint density at radius 3 is 1.26 bits per heavy atom. The minimum Gasteiger partial charge on any atom is -0.455 e. The van der Waals surface area contributed by atoms with Gasteiger partial charge in [0.25, 0.3) is 0 Å². The molecule has 0 radical (unpaired) electrons. The lowest BCUT2D eigenvalue weighted by Crippen LogP contribution is -1.91. The highest BCUT2D eigenvalue weighted by Gasteiger charge is 2.22. The van der Waals surface area contributed by atoms with Crippen LogP contribution in [0.2, 0.25) is 0 Å². The SMILES string of the molecule is c1ccc(-c2c3ccccc3c(-c3ccc4c(c3)oc3c(-c5c6ccccc6c(-c6ccc7ccccc7c6)c6ccccc56)cccc34)c3ccccc23)cc1. The topological polar surface area (TPSA) is 13.1 Å². The van der Waals surface area contributed by atoms with Gasteiger partial charge < -0.3 is 4.42 Å². The molecule has 0 atom stereocenters. The van der Waals surface area contributed by atoms with Crippen LogP contribution in [-0.4, -0.2) is 0 Å². The second-order valence-corrected chi connectivity index (χ2v) is 15.1. The number of fused-ring (bicyclic) bond motifs is 8. The number of benzene rings is 11. The van der Waals surface area contributed by atoms with Crippen LogP contribution in [0, 0.1) is 0 Å². The highest BCUT2D eigenvalue weighted by molar-refractivity contribution is 6.25. The molecule has 0 aliphatic carbocycles. The number of furan rings is 1. The van der Waals surface area contributed by atoms with Crippen LogP contribution in [-0.2, 0) is 0 Å². The summed E-state index contributed by atoms with van der Waals surface area (Å²) in [4.78, 5) is 0. The Bertz CT molecular complexity index is 3460. The van der Waals surface area contributed by atoms with Crippen LogP contribution in [0.1, 0.15) is 0 Å². The van der Waals surface area contributed by atoms with Gasteiger partial charge in [0.2, 0.25) is 0 Å². The molecule has 12 rings (SSSR count). The van der Waals surface area contributed by atoms with Crippen molar-refractivity contribution in [1.82, 2.24) is 0 Å². The molecule has 0 spiro atoms. The Morgan fingerprint density at radius 1 is 0.246 bits per heavy atom. The summed E-state index contributed by atoms with van der Waals surface area (Å²) in [6.07, 6.45) is 0. The van der Waals surface area contributed by atoms with Crippen molar-refractivity contribution in [1.29, 1.82) is 0 Å². The van der Waals surface area contributed by atoms with Gasteiger partial charge in [-0.1, -0.05) is 188 Å². The number of rotatable bonds is 4. The van der Waals surface area contributed by atoms with Crippen molar-refractivity contribution in [2.45, 2.75) is 0 Å². The molecular formula is C56H34O. The largest absolute Gasteiger partial charge is 0.455 e. The first-order valence-electron chi connectivity index (χ1n) is 19.7. The molecule has 1 nitrogen and oxygen atoms in total. The number of hydrogen-bond donors (Lipinski definition) is 0. The zero-order valence-electron chi connectivity index (χ0n) is 31.0. The van der Waals surface area contributed by atoms with E-state index >= 15 is 0 Å². The standard InChI is InChI=1S/C56H34O/c1-2-16-36(17-3-1)52-41-19-6-8-21-43(41)54(44-22-9-7-20-42(44)52)39-31-32-40-49-27-14-28-50(56(49)57-51(40)34-39)55-47-25-12-10-23-45(47)53(46-24-11-13-26-48(46)55)38-30-29-35-15-4-5-18-37(35)33-38/h1-34H. The van der Waals surface area contributed by atoms with Crippen LogP contribution in [0.5, 0.6) is 0 Å². The van der Waals surface area contributed by atoms with E-state index in [2.05, 4.69) is 206 Å². The molecule has 0 saturated carbocycles. The molecule has 0 unspecified atom stereocenters. The average molecular weight is 723 g/mol. The van der Waals surface area contributed by atoms with Crippen LogP contribution in [0.3, 0.4) is 0 Å². The summed E-state index contributed by atoms with van der Waals surface area (Å²) >= 11 is 0. The fourth-order valence-electron chi connectivity index (χ4n) is 9.58. The molecule has 0 fully saturated rings.